The summed E-state index contributed by atoms with van der Waals surface area (Å²) >= 11 is 12.1. The lowest BCUT2D eigenvalue weighted by molar-refractivity contribution is -0.150. The Morgan fingerprint density at radius 1 is 1.36 bits per heavy atom. The third kappa shape index (κ3) is 2.57. The van der Waals surface area contributed by atoms with Gasteiger partial charge in [0.25, 0.3) is 0 Å². The zero-order valence-electron chi connectivity index (χ0n) is 11.6. The largest absolute Gasteiger partial charge is 0.479 e. The topological polar surface area (TPSA) is 57.6 Å². The van der Waals surface area contributed by atoms with E-state index in [4.69, 9.17) is 28.3 Å². The van der Waals surface area contributed by atoms with Crippen LogP contribution in [0.5, 0.6) is 0 Å². The van der Waals surface area contributed by atoms with E-state index in [0.29, 0.717) is 16.5 Å². The van der Waals surface area contributed by atoms with Gasteiger partial charge in [0.15, 0.2) is 0 Å². The highest BCUT2D eigenvalue weighted by Crippen LogP contribution is 2.52. The number of hydrogen-bond acceptors (Lipinski definition) is 2. The number of carbonyl (C=O) groups excluding carboxylic acids is 1. The van der Waals surface area contributed by atoms with Crippen LogP contribution < -0.4 is 0 Å². The Hall–Kier alpha value is -1.33. The van der Waals surface area contributed by atoms with Gasteiger partial charge in [0.05, 0.1) is 16.6 Å². The second kappa shape index (κ2) is 5.39. The monoisotopic (exact) mass is 345 g/mol. The van der Waals surface area contributed by atoms with Gasteiger partial charge in [-0.05, 0) is 24.0 Å². The second-order valence-corrected chi connectivity index (χ2v) is 6.66. The molecule has 2 aliphatic rings. The van der Waals surface area contributed by atoms with Gasteiger partial charge in [-0.15, -0.1) is 0 Å². The van der Waals surface area contributed by atoms with Crippen molar-refractivity contribution < 1.29 is 19.1 Å². The minimum Gasteiger partial charge on any atom is -0.479 e. The van der Waals surface area contributed by atoms with E-state index in [9.17, 15) is 14.0 Å². The van der Waals surface area contributed by atoms with E-state index >= 15 is 0 Å². The Labute approximate surface area is 136 Å². The molecule has 1 heterocycles. The molecule has 3 rings (SSSR count). The van der Waals surface area contributed by atoms with Crippen LogP contribution >= 0.6 is 23.2 Å². The molecule has 1 aliphatic heterocycles. The molecule has 22 heavy (non-hydrogen) atoms. The van der Waals surface area contributed by atoms with Crippen molar-refractivity contribution in [2.24, 2.45) is 5.92 Å². The number of amides is 1. The van der Waals surface area contributed by atoms with Gasteiger partial charge in [0.2, 0.25) is 11.6 Å². The average molecular weight is 346 g/mol. The highest BCUT2D eigenvalue weighted by molar-refractivity contribution is 6.42. The molecule has 1 aromatic rings. The van der Waals surface area contributed by atoms with Crippen molar-refractivity contribution in [2.75, 3.05) is 13.1 Å². The van der Waals surface area contributed by atoms with Crippen LogP contribution in [-0.2, 0) is 9.59 Å². The first-order valence-corrected chi connectivity index (χ1v) is 7.74. The number of carboxylic acids is 1. The number of alkyl halides is 1. The molecular formula is C15H14Cl2FNO3. The first-order chi connectivity index (χ1) is 10.3. The minimum atomic E-state index is -2.33. The van der Waals surface area contributed by atoms with E-state index in [1.165, 1.54) is 4.90 Å². The first kappa shape index (κ1) is 15.6. The Bertz CT molecular complexity index is 654. The third-order valence-corrected chi connectivity index (χ3v) is 5.24. The van der Waals surface area contributed by atoms with Crippen molar-refractivity contribution in [1.29, 1.82) is 0 Å². The number of nitrogens with zero attached hydrogens (tertiary/aromatic N) is 1. The van der Waals surface area contributed by atoms with Gasteiger partial charge in [-0.25, -0.2) is 9.18 Å². The quantitative estimate of drug-likeness (QED) is 0.915. The maximum atomic E-state index is 14.0. The minimum absolute atomic E-state index is 0.0295. The standard InChI is InChI=1S/C15H14Cl2FNO3/c16-11-3-1-2-8(12(11)17)9-6-10(9)13(20)19-5-4-15(18,7-19)14(21)22/h1-3,9-10H,4-7H2,(H,21,22). The van der Waals surface area contributed by atoms with Crippen molar-refractivity contribution in [1.82, 2.24) is 4.90 Å². The molecule has 0 radical (unpaired) electrons. The third-order valence-electron chi connectivity index (χ3n) is 4.40. The molecule has 1 aromatic carbocycles. The Morgan fingerprint density at radius 3 is 2.73 bits per heavy atom. The molecule has 2 fully saturated rings. The van der Waals surface area contributed by atoms with Crippen molar-refractivity contribution >= 4 is 35.1 Å². The number of benzene rings is 1. The molecule has 4 nitrogen and oxygen atoms in total. The second-order valence-electron chi connectivity index (χ2n) is 5.87. The Morgan fingerprint density at radius 2 is 2.09 bits per heavy atom. The SMILES string of the molecule is O=C(C1CC1c1cccc(Cl)c1Cl)N1CCC(F)(C(=O)O)C1. The molecule has 1 amide bonds. The summed E-state index contributed by atoms with van der Waals surface area (Å²) in [5, 5.41) is 9.76. The first-order valence-electron chi connectivity index (χ1n) is 6.98. The normalized spacial score (nSPS) is 30.4. The van der Waals surface area contributed by atoms with Crippen LogP contribution in [0, 0.1) is 5.92 Å². The Balaban J connectivity index is 1.69. The van der Waals surface area contributed by atoms with Gasteiger partial charge in [0, 0.05) is 18.9 Å². The maximum Gasteiger partial charge on any atom is 0.343 e. The van der Waals surface area contributed by atoms with Gasteiger partial charge in [-0.2, -0.15) is 0 Å². The fraction of sp³-hybridized carbons (Fsp3) is 0.467. The van der Waals surface area contributed by atoms with E-state index in [2.05, 4.69) is 0 Å². The summed E-state index contributed by atoms with van der Waals surface area (Å²) in [7, 11) is 0. The van der Waals surface area contributed by atoms with Crippen LogP contribution in [0.1, 0.15) is 24.3 Å². The highest BCUT2D eigenvalue weighted by atomic mass is 35.5. The number of rotatable bonds is 3. The molecule has 118 valence electrons. The smallest absolute Gasteiger partial charge is 0.343 e. The molecule has 1 saturated carbocycles. The molecule has 7 heteroatoms. The van der Waals surface area contributed by atoms with Gasteiger partial charge >= 0.3 is 5.97 Å². The summed E-state index contributed by atoms with van der Waals surface area (Å²) in [6.07, 6.45) is 0.463. The molecule has 0 spiro atoms. The lowest BCUT2D eigenvalue weighted by Gasteiger charge is -2.18. The van der Waals surface area contributed by atoms with Crippen molar-refractivity contribution in [2.45, 2.75) is 24.4 Å². The predicted octanol–water partition coefficient (Wildman–Crippen LogP) is 3.12. The molecule has 3 atom stereocenters. The Kier molecular flexibility index (Phi) is 3.81. The van der Waals surface area contributed by atoms with Crippen LogP contribution in [0.4, 0.5) is 4.39 Å². The van der Waals surface area contributed by atoms with Gasteiger partial charge < -0.3 is 10.0 Å². The van der Waals surface area contributed by atoms with E-state index in [1.54, 1.807) is 12.1 Å². The summed E-state index contributed by atoms with van der Waals surface area (Å²) in [4.78, 5) is 24.6. The van der Waals surface area contributed by atoms with Gasteiger partial charge in [-0.3, -0.25) is 4.79 Å². The van der Waals surface area contributed by atoms with Crippen molar-refractivity contribution in [3.05, 3.63) is 33.8 Å². The summed E-state index contributed by atoms with van der Waals surface area (Å²) in [6, 6.07) is 5.28. The molecule has 0 aromatic heterocycles. The summed E-state index contributed by atoms with van der Waals surface area (Å²) in [6.45, 7) is -0.248. The van der Waals surface area contributed by atoms with Crippen molar-refractivity contribution in [3.63, 3.8) is 0 Å². The molecule has 3 unspecified atom stereocenters. The summed E-state index contributed by atoms with van der Waals surface area (Å²) in [5.41, 5.74) is -1.51. The van der Waals surface area contributed by atoms with E-state index < -0.39 is 11.6 Å². The number of hydrogen-bond donors (Lipinski definition) is 1. The fourth-order valence-electron chi connectivity index (χ4n) is 2.99. The fourth-order valence-corrected chi connectivity index (χ4v) is 3.44. The van der Waals surface area contributed by atoms with Crippen LogP contribution in [0.15, 0.2) is 18.2 Å². The summed E-state index contributed by atoms with van der Waals surface area (Å²) < 4.78 is 14.0. The van der Waals surface area contributed by atoms with Crippen LogP contribution in [0.2, 0.25) is 10.0 Å². The van der Waals surface area contributed by atoms with E-state index in [1.807, 2.05) is 6.07 Å². The molecular weight excluding hydrogens is 332 g/mol. The molecule has 0 bridgehead atoms. The number of carboxylic acid groups (broad SMARTS) is 1. The van der Waals surface area contributed by atoms with Crippen molar-refractivity contribution in [3.8, 4) is 0 Å². The van der Waals surface area contributed by atoms with Crippen LogP contribution in [0.3, 0.4) is 0 Å². The average Bonchev–Trinajstić information content (AvgIpc) is 3.16. The summed E-state index contributed by atoms with van der Waals surface area (Å²) in [5.74, 6) is -2.01. The van der Waals surface area contributed by atoms with E-state index in [0.717, 1.165) is 5.56 Å². The van der Waals surface area contributed by atoms with E-state index in [-0.39, 0.29) is 37.3 Å². The number of halogens is 3. The molecule has 1 N–H and O–H groups in total. The maximum absolute atomic E-state index is 14.0. The molecule has 1 saturated heterocycles. The van der Waals surface area contributed by atoms with Gasteiger partial charge in [-0.1, -0.05) is 35.3 Å². The highest BCUT2D eigenvalue weighted by Gasteiger charge is 2.52. The lowest BCUT2D eigenvalue weighted by atomic mass is 10.1. The number of carbonyl (C=O) groups is 2. The lowest BCUT2D eigenvalue weighted by Crippen LogP contribution is -2.39. The van der Waals surface area contributed by atoms with Crippen LogP contribution in [0.25, 0.3) is 0 Å². The zero-order chi connectivity index (χ0) is 16.1. The predicted molar refractivity (Wildman–Crippen MR) is 80.0 cm³/mol. The van der Waals surface area contributed by atoms with Crippen LogP contribution in [-0.4, -0.2) is 40.6 Å². The zero-order valence-corrected chi connectivity index (χ0v) is 13.1. The van der Waals surface area contributed by atoms with Gasteiger partial charge in [0.1, 0.15) is 0 Å². The number of likely N-dealkylation sites (tertiary alicyclic amines) is 1. The molecule has 1 aliphatic carbocycles. The number of aliphatic carboxylic acids is 1.